The van der Waals surface area contributed by atoms with Gasteiger partial charge in [0.05, 0.1) is 17.3 Å². The van der Waals surface area contributed by atoms with Gasteiger partial charge in [-0.3, -0.25) is 4.79 Å². The zero-order chi connectivity index (χ0) is 14.0. The number of carboxylic acid groups (broad SMARTS) is 1. The molecule has 0 aliphatic carbocycles. The van der Waals surface area contributed by atoms with E-state index in [0.717, 1.165) is 4.31 Å². The van der Waals surface area contributed by atoms with Gasteiger partial charge in [0.1, 0.15) is 0 Å². The molecular formula is C9H17NO6S2. The molecule has 1 N–H and O–H groups in total. The van der Waals surface area contributed by atoms with Crippen LogP contribution in [0.2, 0.25) is 0 Å². The summed E-state index contributed by atoms with van der Waals surface area (Å²) in [7, 11) is -5.37. The lowest BCUT2D eigenvalue weighted by Crippen LogP contribution is -2.39. The number of rotatable bonds is 6. The topological polar surface area (TPSA) is 109 Å². The Morgan fingerprint density at radius 1 is 1.44 bits per heavy atom. The number of carboxylic acids is 1. The van der Waals surface area contributed by atoms with Crippen LogP contribution in [0.5, 0.6) is 0 Å². The van der Waals surface area contributed by atoms with Gasteiger partial charge in [-0.1, -0.05) is 0 Å². The summed E-state index contributed by atoms with van der Waals surface area (Å²) in [5, 5.41) is 8.44. The first-order valence-corrected chi connectivity index (χ1v) is 8.95. The van der Waals surface area contributed by atoms with Crippen LogP contribution in [-0.2, 0) is 24.7 Å². The second-order valence-electron chi connectivity index (χ2n) is 4.39. The Balaban J connectivity index is 2.60. The molecule has 1 aliphatic heterocycles. The Morgan fingerprint density at radius 3 is 2.50 bits per heavy atom. The predicted molar refractivity (Wildman–Crippen MR) is 65.5 cm³/mol. The SMILES string of the molecule is CN(C1CCS(=O)(=O)C1)S(=O)(=O)CCCC(=O)O. The van der Waals surface area contributed by atoms with Gasteiger partial charge < -0.3 is 5.11 Å². The van der Waals surface area contributed by atoms with Crippen molar-refractivity contribution in [2.75, 3.05) is 24.3 Å². The normalized spacial score (nSPS) is 23.3. The molecule has 7 nitrogen and oxygen atoms in total. The summed E-state index contributed by atoms with van der Waals surface area (Å²) in [5.74, 6) is -1.46. The maximum absolute atomic E-state index is 11.8. The fourth-order valence-corrected chi connectivity index (χ4v) is 5.14. The van der Waals surface area contributed by atoms with Crippen molar-refractivity contribution >= 4 is 25.8 Å². The summed E-state index contributed by atoms with van der Waals surface area (Å²) in [6.07, 6.45) is 0.120. The highest BCUT2D eigenvalue weighted by Gasteiger charge is 2.35. The van der Waals surface area contributed by atoms with E-state index in [1.807, 2.05) is 0 Å². The molecule has 0 radical (unpaired) electrons. The van der Waals surface area contributed by atoms with Gasteiger partial charge in [-0.2, -0.15) is 0 Å². The zero-order valence-corrected chi connectivity index (χ0v) is 11.7. The highest BCUT2D eigenvalue weighted by molar-refractivity contribution is 7.92. The molecule has 1 saturated heterocycles. The molecule has 0 saturated carbocycles. The van der Waals surface area contributed by atoms with Crippen molar-refractivity contribution in [2.24, 2.45) is 0 Å². The fraction of sp³-hybridized carbons (Fsp3) is 0.889. The van der Waals surface area contributed by atoms with Crippen molar-refractivity contribution in [3.05, 3.63) is 0 Å². The molecule has 1 heterocycles. The van der Waals surface area contributed by atoms with Gasteiger partial charge in [-0.05, 0) is 12.8 Å². The van der Waals surface area contributed by atoms with Gasteiger partial charge in [0, 0.05) is 19.5 Å². The quantitative estimate of drug-likeness (QED) is 0.694. The Hall–Kier alpha value is -0.670. The standard InChI is InChI=1S/C9H17NO6S2/c1-10(8-4-6-17(13,14)7-8)18(15,16)5-2-3-9(11)12/h8H,2-7H2,1H3,(H,11,12). The molecule has 0 bridgehead atoms. The molecule has 1 rings (SSSR count). The summed E-state index contributed by atoms with van der Waals surface area (Å²) >= 11 is 0. The molecule has 1 aliphatic rings. The molecule has 0 amide bonds. The van der Waals surface area contributed by atoms with Crippen LogP contribution in [0.4, 0.5) is 0 Å². The monoisotopic (exact) mass is 299 g/mol. The summed E-state index contributed by atoms with van der Waals surface area (Å²) < 4.78 is 47.3. The van der Waals surface area contributed by atoms with Gasteiger partial charge in [0.25, 0.3) is 0 Å². The van der Waals surface area contributed by atoms with E-state index in [1.165, 1.54) is 7.05 Å². The molecule has 0 aromatic carbocycles. The van der Waals surface area contributed by atoms with Crippen molar-refractivity contribution < 1.29 is 26.7 Å². The summed E-state index contributed by atoms with van der Waals surface area (Å²) in [4.78, 5) is 10.3. The van der Waals surface area contributed by atoms with E-state index in [1.54, 1.807) is 0 Å². The van der Waals surface area contributed by atoms with Gasteiger partial charge in [-0.15, -0.1) is 0 Å². The van der Waals surface area contributed by atoms with Crippen LogP contribution in [0.25, 0.3) is 0 Å². The lowest BCUT2D eigenvalue weighted by atomic mass is 10.3. The van der Waals surface area contributed by atoms with Crippen LogP contribution in [0.1, 0.15) is 19.3 Å². The largest absolute Gasteiger partial charge is 0.481 e. The number of hydrogen-bond acceptors (Lipinski definition) is 5. The third-order valence-corrected chi connectivity index (χ3v) is 6.68. The Kier molecular flexibility index (Phi) is 4.73. The van der Waals surface area contributed by atoms with E-state index in [9.17, 15) is 21.6 Å². The second-order valence-corrected chi connectivity index (χ2v) is 8.76. The summed E-state index contributed by atoms with van der Waals surface area (Å²) in [6.45, 7) is 0. The van der Waals surface area contributed by atoms with Crippen molar-refractivity contribution in [2.45, 2.75) is 25.3 Å². The minimum atomic E-state index is -3.58. The van der Waals surface area contributed by atoms with Crippen molar-refractivity contribution in [1.29, 1.82) is 0 Å². The zero-order valence-electron chi connectivity index (χ0n) is 10.1. The third kappa shape index (κ3) is 4.21. The van der Waals surface area contributed by atoms with Crippen molar-refractivity contribution in [1.82, 2.24) is 4.31 Å². The molecular weight excluding hydrogens is 282 g/mol. The number of hydrogen-bond donors (Lipinski definition) is 1. The second kappa shape index (κ2) is 5.54. The third-order valence-electron chi connectivity index (χ3n) is 2.95. The minimum Gasteiger partial charge on any atom is -0.481 e. The van der Waals surface area contributed by atoms with Gasteiger partial charge in [0.15, 0.2) is 9.84 Å². The first-order chi connectivity index (χ1) is 8.14. The molecule has 1 fully saturated rings. The van der Waals surface area contributed by atoms with Gasteiger partial charge in [-0.25, -0.2) is 21.1 Å². The fourth-order valence-electron chi connectivity index (χ4n) is 1.84. The minimum absolute atomic E-state index is 0.00660. The lowest BCUT2D eigenvalue weighted by Gasteiger charge is -2.22. The lowest BCUT2D eigenvalue weighted by molar-refractivity contribution is -0.137. The molecule has 106 valence electrons. The smallest absolute Gasteiger partial charge is 0.303 e. The van der Waals surface area contributed by atoms with Crippen molar-refractivity contribution in [3.8, 4) is 0 Å². The molecule has 0 aromatic heterocycles. The van der Waals surface area contributed by atoms with E-state index < -0.39 is 31.9 Å². The van der Waals surface area contributed by atoms with E-state index in [2.05, 4.69) is 0 Å². The predicted octanol–water partition coefficient (Wildman–Crippen LogP) is -0.700. The summed E-state index contributed by atoms with van der Waals surface area (Å²) in [6, 6.07) is -0.523. The van der Waals surface area contributed by atoms with E-state index in [0.29, 0.717) is 6.42 Å². The van der Waals surface area contributed by atoms with Crippen LogP contribution >= 0.6 is 0 Å². The van der Waals surface area contributed by atoms with Crippen molar-refractivity contribution in [3.63, 3.8) is 0 Å². The van der Waals surface area contributed by atoms with Gasteiger partial charge >= 0.3 is 5.97 Å². The molecule has 0 spiro atoms. The molecule has 1 unspecified atom stereocenters. The Labute approximate surface area is 107 Å². The summed E-state index contributed by atoms with van der Waals surface area (Å²) in [5.41, 5.74) is 0. The highest BCUT2D eigenvalue weighted by atomic mass is 32.2. The molecule has 9 heteroatoms. The highest BCUT2D eigenvalue weighted by Crippen LogP contribution is 2.19. The van der Waals surface area contributed by atoms with E-state index in [4.69, 9.17) is 5.11 Å². The van der Waals surface area contributed by atoms with Crippen LogP contribution in [0.3, 0.4) is 0 Å². The number of sulfone groups is 1. The molecule has 1 atom stereocenters. The van der Waals surface area contributed by atoms with Crippen LogP contribution in [0, 0.1) is 0 Å². The van der Waals surface area contributed by atoms with Gasteiger partial charge in [0.2, 0.25) is 10.0 Å². The van der Waals surface area contributed by atoms with Crippen LogP contribution in [-0.4, -0.2) is 62.6 Å². The maximum Gasteiger partial charge on any atom is 0.303 e. The number of nitrogens with zero attached hydrogens (tertiary/aromatic N) is 1. The number of sulfonamides is 1. The number of carbonyl (C=O) groups is 1. The average molecular weight is 299 g/mol. The first kappa shape index (κ1) is 15.4. The molecule has 18 heavy (non-hydrogen) atoms. The first-order valence-electron chi connectivity index (χ1n) is 5.52. The maximum atomic E-state index is 11.8. The average Bonchev–Trinajstić information content (AvgIpc) is 2.56. The molecule has 0 aromatic rings. The Morgan fingerprint density at radius 2 is 2.06 bits per heavy atom. The Bertz CT molecular complexity index is 509. The number of aliphatic carboxylic acids is 1. The van der Waals surface area contributed by atoms with E-state index in [-0.39, 0.29) is 30.1 Å². The van der Waals surface area contributed by atoms with Crippen LogP contribution < -0.4 is 0 Å². The van der Waals surface area contributed by atoms with Crippen LogP contribution in [0.15, 0.2) is 0 Å². The van der Waals surface area contributed by atoms with E-state index >= 15 is 0 Å².